The summed E-state index contributed by atoms with van der Waals surface area (Å²) in [5.74, 6) is 0.426. The second-order valence-corrected chi connectivity index (χ2v) is 16.4. The number of methoxy groups -OCH3 is 1. The number of carbonyl (C=O) groups is 1. The number of sulfonamides is 1. The highest BCUT2D eigenvalue weighted by molar-refractivity contribution is 7.90. The lowest BCUT2D eigenvalue weighted by Crippen LogP contribution is -2.49. The minimum Gasteiger partial charge on any atom is -0.497 e. The van der Waals surface area contributed by atoms with Gasteiger partial charge in [-0.25, -0.2) is 9.78 Å². The van der Waals surface area contributed by atoms with Gasteiger partial charge in [-0.1, -0.05) is 67.6 Å². The summed E-state index contributed by atoms with van der Waals surface area (Å²) in [7, 11) is -2.44. The fourth-order valence-corrected chi connectivity index (χ4v) is 9.41. The monoisotopic (exact) mass is 783 g/mol. The molecule has 0 unspecified atom stereocenters. The van der Waals surface area contributed by atoms with Crippen LogP contribution in [0, 0.1) is 0 Å². The van der Waals surface area contributed by atoms with E-state index in [0.29, 0.717) is 68.7 Å². The average molecular weight is 784 g/mol. The van der Waals surface area contributed by atoms with Crippen LogP contribution in [-0.2, 0) is 51.3 Å². The number of carbonyl (C=O) groups excluding carboxylic acids is 1. The van der Waals surface area contributed by atoms with Crippen LogP contribution in [0.5, 0.6) is 5.75 Å². The number of aromatic nitrogens is 2. The second kappa shape index (κ2) is 14.2. The number of ether oxygens (including phenoxy) is 2. The van der Waals surface area contributed by atoms with Crippen molar-refractivity contribution >= 4 is 43.5 Å². The summed E-state index contributed by atoms with van der Waals surface area (Å²) in [6.07, 6.45) is 0.388. The molecular formula is C44H41N5O7S. The van der Waals surface area contributed by atoms with Crippen LogP contribution in [0.4, 0.5) is 0 Å². The van der Waals surface area contributed by atoms with E-state index in [2.05, 4.69) is 14.2 Å². The molecule has 6 aromatic rings. The molecule has 5 heterocycles. The third kappa shape index (κ3) is 6.45. The molecule has 57 heavy (non-hydrogen) atoms. The summed E-state index contributed by atoms with van der Waals surface area (Å²) in [4.78, 5) is 36.2. The lowest BCUT2D eigenvalue weighted by molar-refractivity contribution is -0.172. The Bertz CT molecular complexity index is 2790. The number of cyclic esters (lactones) is 1. The van der Waals surface area contributed by atoms with Gasteiger partial charge in [0, 0.05) is 55.7 Å². The van der Waals surface area contributed by atoms with Gasteiger partial charge in [-0.3, -0.25) is 9.69 Å². The Morgan fingerprint density at radius 2 is 1.65 bits per heavy atom. The smallest absolute Gasteiger partial charge is 0.343 e. The van der Waals surface area contributed by atoms with Crippen molar-refractivity contribution in [2.24, 2.45) is 4.40 Å². The summed E-state index contributed by atoms with van der Waals surface area (Å²) in [5, 5.41) is 14.1. The molecule has 13 heteroatoms. The lowest BCUT2D eigenvalue weighted by atomic mass is 9.86. The van der Waals surface area contributed by atoms with Gasteiger partial charge in [-0.2, -0.15) is 8.42 Å². The third-order valence-electron chi connectivity index (χ3n) is 11.6. The molecule has 2 aromatic heterocycles. The van der Waals surface area contributed by atoms with Gasteiger partial charge in [0.25, 0.3) is 15.6 Å². The van der Waals surface area contributed by atoms with Gasteiger partial charge < -0.3 is 24.0 Å². The van der Waals surface area contributed by atoms with E-state index in [1.54, 1.807) is 36.8 Å². The van der Waals surface area contributed by atoms with E-state index >= 15 is 0 Å². The van der Waals surface area contributed by atoms with Crippen molar-refractivity contribution in [2.75, 3.05) is 33.3 Å². The Balaban J connectivity index is 1.02. The van der Waals surface area contributed by atoms with Crippen molar-refractivity contribution in [3.05, 3.63) is 135 Å². The molecule has 12 nitrogen and oxygen atoms in total. The zero-order chi connectivity index (χ0) is 39.5. The number of rotatable bonds is 8. The number of hydrogen-bond donors (Lipinski definition) is 1. The molecular weight excluding hydrogens is 743 g/mol. The van der Waals surface area contributed by atoms with Crippen LogP contribution in [0.25, 0.3) is 33.1 Å². The topological polar surface area (TPSA) is 144 Å². The second-order valence-electron chi connectivity index (χ2n) is 14.8. The summed E-state index contributed by atoms with van der Waals surface area (Å²) in [6, 6.07) is 30.0. The molecule has 3 aliphatic rings. The molecule has 0 bridgehead atoms. The van der Waals surface area contributed by atoms with E-state index in [1.165, 1.54) is 0 Å². The van der Waals surface area contributed by atoms with Gasteiger partial charge in [-0.05, 0) is 64.7 Å². The van der Waals surface area contributed by atoms with Crippen molar-refractivity contribution in [3.8, 4) is 17.1 Å². The van der Waals surface area contributed by atoms with Crippen molar-refractivity contribution in [1.82, 2.24) is 19.4 Å². The normalized spacial score (nSPS) is 18.3. The molecule has 0 aliphatic carbocycles. The molecule has 9 rings (SSSR count). The Morgan fingerprint density at radius 3 is 2.40 bits per heavy atom. The summed E-state index contributed by atoms with van der Waals surface area (Å²) in [5.41, 5.74) is 3.25. The molecule has 1 fully saturated rings. The minimum absolute atomic E-state index is 0.0683. The van der Waals surface area contributed by atoms with Crippen LogP contribution in [-0.4, -0.2) is 78.0 Å². The Kier molecular flexibility index (Phi) is 9.18. The number of pyridine rings is 2. The summed E-state index contributed by atoms with van der Waals surface area (Å²) in [6.45, 7) is 4.73. The van der Waals surface area contributed by atoms with E-state index in [0.717, 1.165) is 38.4 Å². The number of hydrogen-bond acceptors (Lipinski definition) is 9. The average Bonchev–Trinajstić information content (AvgIpc) is 3.61. The van der Waals surface area contributed by atoms with Crippen LogP contribution in [0.3, 0.4) is 0 Å². The van der Waals surface area contributed by atoms with Crippen molar-refractivity contribution in [2.45, 2.75) is 50.0 Å². The van der Waals surface area contributed by atoms with E-state index in [4.69, 9.17) is 14.5 Å². The largest absolute Gasteiger partial charge is 0.497 e. The third-order valence-corrected chi connectivity index (χ3v) is 12.9. The zero-order valence-corrected chi connectivity index (χ0v) is 32.5. The highest BCUT2D eigenvalue weighted by atomic mass is 32.2. The number of piperazine rings is 1. The highest BCUT2D eigenvalue weighted by Crippen LogP contribution is 2.40. The fraction of sp³-hybridized carbons (Fsp3) is 0.273. The van der Waals surface area contributed by atoms with Crippen LogP contribution in [0.2, 0.25) is 0 Å². The standard InChI is InChI=1S/C44H41N5O7S/c1-3-44(52)37-24-39-41-35(26-49(39)42(50)36(37)27-56-43(44)51)34(33-10-6-7-11-38(33)45-41)25-47-18-20-48(21-19-47)40(22-28-12-15-31(55-2)16-13-28)46-57(53,54)32-17-14-29-8-4-5-9-30(29)23-32/h4-17,23-24,52H,3,18-22,25-27H2,1-2H3/t44-/m0/s1. The van der Waals surface area contributed by atoms with Crippen LogP contribution < -0.4 is 10.3 Å². The van der Waals surface area contributed by atoms with Gasteiger partial charge in [0.15, 0.2) is 5.60 Å². The number of nitrogens with zero attached hydrogens (tertiary/aromatic N) is 5. The van der Waals surface area contributed by atoms with E-state index in [-0.39, 0.29) is 34.6 Å². The van der Waals surface area contributed by atoms with E-state index in [1.807, 2.05) is 78.9 Å². The Labute approximate surface area is 329 Å². The molecule has 3 aliphatic heterocycles. The first-order valence-electron chi connectivity index (χ1n) is 19.1. The van der Waals surface area contributed by atoms with E-state index < -0.39 is 21.6 Å². The van der Waals surface area contributed by atoms with Gasteiger partial charge in [0.05, 0.1) is 41.0 Å². The van der Waals surface area contributed by atoms with Crippen LogP contribution >= 0.6 is 0 Å². The number of fused-ring (bicyclic) bond motifs is 6. The molecule has 0 saturated carbocycles. The van der Waals surface area contributed by atoms with Crippen molar-refractivity contribution < 1.29 is 27.8 Å². The number of esters is 1. The lowest BCUT2D eigenvalue weighted by Gasteiger charge is -2.37. The van der Waals surface area contributed by atoms with Gasteiger partial charge in [0.1, 0.15) is 18.2 Å². The van der Waals surface area contributed by atoms with Crippen molar-refractivity contribution in [3.63, 3.8) is 0 Å². The van der Waals surface area contributed by atoms with Gasteiger partial charge in [0.2, 0.25) is 0 Å². The minimum atomic E-state index is -4.04. The Morgan fingerprint density at radius 1 is 0.912 bits per heavy atom. The van der Waals surface area contributed by atoms with E-state index in [9.17, 15) is 23.1 Å². The fourth-order valence-electron chi connectivity index (χ4n) is 8.33. The molecule has 4 aromatic carbocycles. The molecule has 1 N–H and O–H groups in total. The zero-order valence-electron chi connectivity index (χ0n) is 31.6. The Hall–Kier alpha value is -5.89. The van der Waals surface area contributed by atoms with Crippen LogP contribution in [0.1, 0.15) is 41.2 Å². The SMILES string of the molecule is CC[C@@]1(O)C(=O)OCc2c1cc1n(c2=O)Cc2c-1nc1ccccc1c2CN1CCN(C(Cc2ccc(OC)cc2)=NS(=O)(=O)c2ccc3ccccc3c2)CC1. The molecule has 1 saturated heterocycles. The number of amidine groups is 1. The summed E-state index contributed by atoms with van der Waals surface area (Å²) >= 11 is 0. The highest BCUT2D eigenvalue weighted by Gasteiger charge is 2.45. The van der Waals surface area contributed by atoms with Gasteiger partial charge in [-0.15, -0.1) is 4.40 Å². The quantitative estimate of drug-likeness (QED) is 0.121. The molecule has 290 valence electrons. The predicted molar refractivity (Wildman–Crippen MR) is 217 cm³/mol. The van der Waals surface area contributed by atoms with Crippen molar-refractivity contribution in [1.29, 1.82) is 0 Å². The first-order valence-corrected chi connectivity index (χ1v) is 20.5. The summed E-state index contributed by atoms with van der Waals surface area (Å²) < 4.78 is 44.6. The maximum atomic E-state index is 13.9. The molecule has 0 radical (unpaired) electrons. The van der Waals surface area contributed by atoms with Gasteiger partial charge >= 0.3 is 5.97 Å². The molecule has 0 amide bonds. The number of para-hydroxylation sites is 1. The predicted octanol–water partition coefficient (Wildman–Crippen LogP) is 5.39. The first-order chi connectivity index (χ1) is 27.6. The maximum Gasteiger partial charge on any atom is 0.343 e. The molecule has 1 atom stereocenters. The number of aliphatic hydroxyl groups is 1. The first kappa shape index (κ1) is 36.7. The number of benzene rings is 4. The maximum absolute atomic E-state index is 13.9. The molecule has 0 spiro atoms. The van der Waals surface area contributed by atoms with Crippen LogP contribution in [0.15, 0.2) is 111 Å².